The molecule has 0 aromatic rings. The zero-order valence-electron chi connectivity index (χ0n) is 6.30. The summed E-state index contributed by atoms with van der Waals surface area (Å²) in [5.74, 6) is 0. The second-order valence-corrected chi connectivity index (χ2v) is 2.35. The van der Waals surface area contributed by atoms with E-state index in [1.165, 1.54) is 0 Å². The highest BCUT2D eigenvalue weighted by Crippen LogP contribution is 2.07. The summed E-state index contributed by atoms with van der Waals surface area (Å²) >= 11 is 0. The molecule has 0 aromatic carbocycles. The lowest BCUT2D eigenvalue weighted by atomic mass is 10.0. The first kappa shape index (κ1) is 7.29. The molecule has 1 aliphatic carbocycles. The minimum Gasteiger partial charge on any atom is -0.307 e. The fourth-order valence-electron chi connectivity index (χ4n) is 1.00. The van der Waals surface area contributed by atoms with Crippen LogP contribution in [0, 0.1) is 0 Å². The molecule has 0 aliphatic heterocycles. The number of hydrogen-bond acceptors (Lipinski definition) is 1. The van der Waals surface area contributed by atoms with Gasteiger partial charge in [0.2, 0.25) is 0 Å². The Kier molecular flexibility index (Phi) is 2.46. The van der Waals surface area contributed by atoms with Crippen molar-refractivity contribution in [3.8, 4) is 0 Å². The predicted molar refractivity (Wildman–Crippen MR) is 44.9 cm³/mol. The van der Waals surface area contributed by atoms with Gasteiger partial charge in [-0.3, -0.25) is 0 Å². The zero-order chi connectivity index (χ0) is 7.40. The normalized spacial score (nSPS) is 23.7. The molecule has 1 heteroatoms. The minimum absolute atomic E-state index is 0.356. The van der Waals surface area contributed by atoms with Crippen molar-refractivity contribution in [2.75, 3.05) is 6.54 Å². The molecule has 54 valence electrons. The molecular formula is C9H13N. The van der Waals surface area contributed by atoms with Crippen LogP contribution in [-0.2, 0) is 0 Å². The quantitative estimate of drug-likeness (QED) is 0.607. The second kappa shape index (κ2) is 3.37. The molecule has 10 heavy (non-hydrogen) atoms. The van der Waals surface area contributed by atoms with E-state index >= 15 is 0 Å². The molecule has 0 radical (unpaired) electrons. The highest BCUT2D eigenvalue weighted by atomic mass is 14.9. The van der Waals surface area contributed by atoms with Gasteiger partial charge in [-0.15, -0.1) is 0 Å². The maximum atomic E-state index is 3.91. The number of allylic oxidation sites excluding steroid dienone is 2. The number of hydrogen-bond donors (Lipinski definition) is 1. The number of nitrogens with one attached hydrogen (secondary N) is 1. The van der Waals surface area contributed by atoms with E-state index in [1.54, 1.807) is 0 Å². The van der Waals surface area contributed by atoms with Crippen molar-refractivity contribution in [3.63, 3.8) is 0 Å². The molecule has 1 atom stereocenters. The molecule has 0 heterocycles. The van der Waals surface area contributed by atoms with Gasteiger partial charge < -0.3 is 5.32 Å². The van der Waals surface area contributed by atoms with Gasteiger partial charge in [0.1, 0.15) is 0 Å². The first-order valence-corrected chi connectivity index (χ1v) is 3.61. The minimum atomic E-state index is 0.356. The van der Waals surface area contributed by atoms with Crippen LogP contribution in [0.25, 0.3) is 0 Å². The molecule has 1 unspecified atom stereocenters. The fraction of sp³-hybridized carbons (Fsp3) is 0.333. The van der Waals surface area contributed by atoms with Crippen LogP contribution in [0.5, 0.6) is 0 Å². The molecule has 1 rings (SSSR count). The van der Waals surface area contributed by atoms with Crippen molar-refractivity contribution in [1.29, 1.82) is 0 Å². The lowest BCUT2D eigenvalue weighted by molar-refractivity contribution is 0.688. The molecule has 1 nitrogen and oxygen atoms in total. The van der Waals surface area contributed by atoms with Crippen molar-refractivity contribution >= 4 is 0 Å². The van der Waals surface area contributed by atoms with E-state index in [1.807, 2.05) is 18.2 Å². The van der Waals surface area contributed by atoms with E-state index in [9.17, 15) is 0 Å². The van der Waals surface area contributed by atoms with Crippen LogP contribution < -0.4 is 5.32 Å². The topological polar surface area (TPSA) is 12.0 Å². The standard InChI is InChI=1S/C9H13N/c1-3-10-9-7-5-4-6-8(9)2/h4-7,9-10H,2-3H2,1H3. The summed E-state index contributed by atoms with van der Waals surface area (Å²) in [7, 11) is 0. The second-order valence-electron chi connectivity index (χ2n) is 2.35. The summed E-state index contributed by atoms with van der Waals surface area (Å²) in [5, 5.41) is 3.30. The molecule has 0 saturated heterocycles. The van der Waals surface area contributed by atoms with Crippen LogP contribution in [0.1, 0.15) is 6.92 Å². The molecule has 0 fully saturated rings. The van der Waals surface area contributed by atoms with E-state index in [-0.39, 0.29) is 0 Å². The van der Waals surface area contributed by atoms with Gasteiger partial charge in [-0.2, -0.15) is 0 Å². The van der Waals surface area contributed by atoms with Gasteiger partial charge in [0, 0.05) is 0 Å². The lowest BCUT2D eigenvalue weighted by Crippen LogP contribution is -2.28. The van der Waals surface area contributed by atoms with Gasteiger partial charge in [-0.1, -0.05) is 37.8 Å². The van der Waals surface area contributed by atoms with Crippen LogP contribution in [0.3, 0.4) is 0 Å². The smallest absolute Gasteiger partial charge is 0.0503 e. The molecule has 0 bridgehead atoms. The predicted octanol–water partition coefficient (Wildman–Crippen LogP) is 1.65. The summed E-state index contributed by atoms with van der Waals surface area (Å²) in [6.07, 6.45) is 8.21. The molecule has 0 aromatic heterocycles. The number of likely N-dealkylation sites (N-methyl/N-ethyl adjacent to an activating group) is 1. The van der Waals surface area contributed by atoms with Crippen LogP contribution in [-0.4, -0.2) is 12.6 Å². The summed E-state index contributed by atoms with van der Waals surface area (Å²) in [6, 6.07) is 0.356. The van der Waals surface area contributed by atoms with E-state index in [0.29, 0.717) is 6.04 Å². The highest BCUT2D eigenvalue weighted by Gasteiger charge is 2.05. The van der Waals surface area contributed by atoms with E-state index in [0.717, 1.165) is 12.1 Å². The number of rotatable bonds is 2. The summed E-state index contributed by atoms with van der Waals surface area (Å²) in [6.45, 7) is 7.00. The third-order valence-electron chi connectivity index (χ3n) is 1.55. The van der Waals surface area contributed by atoms with Gasteiger partial charge in [-0.05, 0) is 12.1 Å². The fourth-order valence-corrected chi connectivity index (χ4v) is 1.00. The molecule has 0 spiro atoms. The third-order valence-corrected chi connectivity index (χ3v) is 1.55. The van der Waals surface area contributed by atoms with Gasteiger partial charge >= 0.3 is 0 Å². The zero-order valence-corrected chi connectivity index (χ0v) is 6.30. The molecule has 0 saturated carbocycles. The Morgan fingerprint density at radius 2 is 2.40 bits per heavy atom. The van der Waals surface area contributed by atoms with Gasteiger partial charge in [0.05, 0.1) is 6.04 Å². The van der Waals surface area contributed by atoms with Crippen molar-refractivity contribution in [1.82, 2.24) is 5.32 Å². The summed E-state index contributed by atoms with van der Waals surface area (Å²) in [5.41, 5.74) is 1.14. The van der Waals surface area contributed by atoms with E-state index in [2.05, 4.69) is 24.9 Å². The van der Waals surface area contributed by atoms with Crippen molar-refractivity contribution in [3.05, 3.63) is 36.5 Å². The first-order chi connectivity index (χ1) is 4.84. The Hall–Kier alpha value is -0.820. The van der Waals surface area contributed by atoms with Gasteiger partial charge in [0.25, 0.3) is 0 Å². The first-order valence-electron chi connectivity index (χ1n) is 3.61. The van der Waals surface area contributed by atoms with Gasteiger partial charge in [0.15, 0.2) is 0 Å². The monoisotopic (exact) mass is 135 g/mol. The van der Waals surface area contributed by atoms with Crippen molar-refractivity contribution < 1.29 is 0 Å². The van der Waals surface area contributed by atoms with Crippen molar-refractivity contribution in [2.24, 2.45) is 0 Å². The summed E-state index contributed by atoms with van der Waals surface area (Å²) < 4.78 is 0. The van der Waals surface area contributed by atoms with E-state index in [4.69, 9.17) is 0 Å². The van der Waals surface area contributed by atoms with Gasteiger partial charge in [-0.25, -0.2) is 0 Å². The Morgan fingerprint density at radius 1 is 1.60 bits per heavy atom. The Labute approximate surface area is 62.1 Å². The average Bonchev–Trinajstić information content (AvgIpc) is 1.94. The Balaban J connectivity index is 2.53. The molecular weight excluding hydrogens is 122 g/mol. The average molecular weight is 135 g/mol. The Morgan fingerprint density at radius 3 is 3.00 bits per heavy atom. The van der Waals surface area contributed by atoms with Crippen LogP contribution in [0.2, 0.25) is 0 Å². The largest absolute Gasteiger partial charge is 0.307 e. The molecule has 0 amide bonds. The lowest BCUT2D eigenvalue weighted by Gasteiger charge is -2.15. The maximum Gasteiger partial charge on any atom is 0.0503 e. The van der Waals surface area contributed by atoms with Crippen LogP contribution in [0.4, 0.5) is 0 Å². The SMILES string of the molecule is C=C1C=CC=CC1NCC. The maximum absolute atomic E-state index is 3.91. The van der Waals surface area contributed by atoms with Crippen LogP contribution >= 0.6 is 0 Å². The third kappa shape index (κ3) is 1.58. The summed E-state index contributed by atoms with van der Waals surface area (Å²) in [4.78, 5) is 0. The highest BCUT2D eigenvalue weighted by molar-refractivity contribution is 5.33. The van der Waals surface area contributed by atoms with E-state index < -0.39 is 0 Å². The molecule has 1 N–H and O–H groups in total. The van der Waals surface area contributed by atoms with Crippen molar-refractivity contribution in [2.45, 2.75) is 13.0 Å². The molecule has 1 aliphatic rings. The Bertz CT molecular complexity index is 177. The van der Waals surface area contributed by atoms with Crippen LogP contribution in [0.15, 0.2) is 36.5 Å².